The van der Waals surface area contributed by atoms with E-state index in [0.29, 0.717) is 48.7 Å². The molecule has 5 aliphatic rings. The Bertz CT molecular complexity index is 2270. The average Bonchev–Trinajstić information content (AvgIpc) is 3.32. The first-order valence-corrected chi connectivity index (χ1v) is 27.7. The molecule has 4 fully saturated rings. The number of rotatable bonds is 8. The van der Waals surface area contributed by atoms with Gasteiger partial charge in [0.1, 0.15) is 23.0 Å². The molecule has 0 heterocycles. The van der Waals surface area contributed by atoms with Crippen LogP contribution < -0.4 is 18.9 Å². The third-order valence-electron chi connectivity index (χ3n) is 18.1. The largest absolute Gasteiger partial charge is 0.426 e. The molecular weight excluding hydrogens is 897 g/mol. The Kier molecular flexibility index (Phi) is 15.0. The molecular formula is C64H80O8. The lowest BCUT2D eigenvalue weighted by Gasteiger charge is -2.37. The van der Waals surface area contributed by atoms with Crippen molar-refractivity contribution < 1.29 is 38.1 Å². The Morgan fingerprint density at radius 2 is 0.444 bits per heavy atom. The molecule has 0 amide bonds. The van der Waals surface area contributed by atoms with Gasteiger partial charge < -0.3 is 18.9 Å². The van der Waals surface area contributed by atoms with Gasteiger partial charge in [-0.05, 0) is 95.3 Å². The van der Waals surface area contributed by atoms with E-state index < -0.39 is 23.9 Å². The van der Waals surface area contributed by atoms with E-state index in [1.165, 1.54) is 75.6 Å². The molecule has 72 heavy (non-hydrogen) atoms. The maximum atomic E-state index is 13.5. The van der Waals surface area contributed by atoms with Gasteiger partial charge in [0.25, 0.3) is 0 Å². The summed E-state index contributed by atoms with van der Waals surface area (Å²) in [5, 5.41) is 0. The van der Waals surface area contributed by atoms with Crippen LogP contribution in [0.2, 0.25) is 0 Å². The zero-order chi connectivity index (χ0) is 51.0. The van der Waals surface area contributed by atoms with Crippen LogP contribution in [-0.2, 0) is 66.5 Å². The van der Waals surface area contributed by atoms with Gasteiger partial charge in [-0.25, -0.2) is 0 Å². The second-order valence-corrected chi connectivity index (χ2v) is 24.1. The van der Waals surface area contributed by atoms with Crippen molar-refractivity contribution in [2.24, 2.45) is 0 Å². The van der Waals surface area contributed by atoms with E-state index in [-0.39, 0.29) is 21.7 Å². The molecule has 0 unspecified atom stereocenters. The van der Waals surface area contributed by atoms with Crippen LogP contribution in [0.1, 0.15) is 251 Å². The number of carbonyl (C=O) groups is 4. The maximum absolute atomic E-state index is 13.5. The monoisotopic (exact) mass is 977 g/mol. The van der Waals surface area contributed by atoms with Crippen LogP contribution in [0.3, 0.4) is 0 Å². The minimum absolute atomic E-state index is 0.123. The molecule has 9 rings (SSSR count). The second kappa shape index (κ2) is 20.9. The minimum atomic E-state index is -0.420. The van der Waals surface area contributed by atoms with Gasteiger partial charge in [-0.2, -0.15) is 0 Å². The third-order valence-corrected chi connectivity index (χ3v) is 18.1. The zero-order valence-electron chi connectivity index (χ0n) is 44.9. The van der Waals surface area contributed by atoms with E-state index in [0.717, 1.165) is 147 Å². The molecule has 0 aromatic heterocycles. The van der Waals surface area contributed by atoms with Crippen LogP contribution in [0, 0.1) is 0 Å². The number of esters is 4. The van der Waals surface area contributed by atoms with Gasteiger partial charge in [0, 0.05) is 97.9 Å². The number of carbonyl (C=O) groups excluding carboxylic acids is 4. The van der Waals surface area contributed by atoms with E-state index >= 15 is 0 Å². The smallest absolute Gasteiger partial charge is 0.308 e. The SMILES string of the molecule is CC(=O)Oc1c2cc(C3(C)CCCCC3)cc1Cc1cc(C3(C)CCCCC3)cc(c1OC(C)=O)Cc1cc(C3(C)CCCCC3)cc(c1OC(C)=O)Cc1cc(C3(C)CCCCC3)cc(c1OC(C)=O)C2. The second-order valence-electron chi connectivity index (χ2n) is 24.1. The average molecular weight is 977 g/mol. The van der Waals surface area contributed by atoms with Crippen LogP contribution in [-0.4, -0.2) is 23.9 Å². The molecule has 4 saturated carbocycles. The summed E-state index contributed by atoms with van der Waals surface area (Å²) in [6.07, 6.45) is 23.5. The van der Waals surface area contributed by atoms with E-state index in [2.05, 4.69) is 76.2 Å². The number of fused-ring (bicyclic) bond motifs is 8. The topological polar surface area (TPSA) is 105 Å². The molecule has 4 aromatic carbocycles. The van der Waals surface area contributed by atoms with Crippen LogP contribution in [0.5, 0.6) is 23.0 Å². The minimum Gasteiger partial charge on any atom is -0.426 e. The summed E-state index contributed by atoms with van der Waals surface area (Å²) in [5.74, 6) is 0.318. The van der Waals surface area contributed by atoms with Crippen LogP contribution in [0.25, 0.3) is 0 Å². The molecule has 8 nitrogen and oxygen atoms in total. The first-order valence-electron chi connectivity index (χ1n) is 27.7. The van der Waals surface area contributed by atoms with Crippen molar-refractivity contribution in [1.29, 1.82) is 0 Å². The van der Waals surface area contributed by atoms with Gasteiger partial charge in [0.2, 0.25) is 0 Å². The summed E-state index contributed by atoms with van der Waals surface area (Å²) in [4.78, 5) is 54.1. The van der Waals surface area contributed by atoms with Crippen molar-refractivity contribution in [3.8, 4) is 23.0 Å². The molecule has 0 radical (unpaired) electrons. The van der Waals surface area contributed by atoms with E-state index in [4.69, 9.17) is 18.9 Å². The summed E-state index contributed by atoms with van der Waals surface area (Å²) < 4.78 is 25.9. The Labute approximate surface area is 429 Å². The Morgan fingerprint density at radius 1 is 0.292 bits per heavy atom. The lowest BCUT2D eigenvalue weighted by molar-refractivity contribution is -0.132. The standard InChI is InChI=1S/C64H80O8/c1-41(65)69-57-45-29-47-35-54(62(6)23-15-10-16-24-62)37-49(58(47)70-42(2)66)31-51-39-56(64(8)27-19-12-20-28-64)40-52(60(51)72-44(4)68)32-50-38-55(63(7)25-17-11-18-26-63)36-48(59(50)71-43(3)67)30-46(57)34-53(33-45)61(5)21-13-9-14-22-61/h33-40H,9-32H2,1-8H3. The summed E-state index contributed by atoms with van der Waals surface area (Å²) in [6, 6.07) is 18.1. The quantitative estimate of drug-likeness (QED) is 0.112. The fraction of sp³-hybridized carbons (Fsp3) is 0.562. The lowest BCUT2D eigenvalue weighted by atomic mass is 9.68. The highest BCUT2D eigenvalue weighted by molar-refractivity contribution is 5.75. The Morgan fingerprint density at radius 3 is 0.583 bits per heavy atom. The Hall–Kier alpha value is -5.24. The van der Waals surface area contributed by atoms with Gasteiger partial charge in [0.15, 0.2) is 0 Å². The first kappa shape index (κ1) is 51.7. The van der Waals surface area contributed by atoms with Crippen molar-refractivity contribution in [2.45, 2.75) is 231 Å². The number of benzene rings is 4. The van der Waals surface area contributed by atoms with Crippen LogP contribution in [0.15, 0.2) is 48.5 Å². The summed E-state index contributed by atoms with van der Waals surface area (Å²) in [6.45, 7) is 15.4. The predicted molar refractivity (Wildman–Crippen MR) is 284 cm³/mol. The Balaban J connectivity index is 1.41. The van der Waals surface area contributed by atoms with Gasteiger partial charge >= 0.3 is 23.9 Å². The fourth-order valence-electron chi connectivity index (χ4n) is 13.9. The van der Waals surface area contributed by atoms with E-state index in [1.807, 2.05) is 0 Å². The van der Waals surface area contributed by atoms with Crippen LogP contribution >= 0.6 is 0 Å². The summed E-state index contributed by atoms with van der Waals surface area (Å²) in [7, 11) is 0. The van der Waals surface area contributed by atoms with E-state index in [9.17, 15) is 19.2 Å². The lowest BCUT2D eigenvalue weighted by Crippen LogP contribution is -2.27. The maximum Gasteiger partial charge on any atom is 0.308 e. The van der Waals surface area contributed by atoms with Gasteiger partial charge in [-0.1, -0.05) is 153 Å². The number of hydrogen-bond acceptors (Lipinski definition) is 8. The molecule has 0 aliphatic heterocycles. The van der Waals surface area contributed by atoms with Gasteiger partial charge in [-0.3, -0.25) is 19.2 Å². The van der Waals surface area contributed by atoms with E-state index in [1.54, 1.807) is 0 Å². The van der Waals surface area contributed by atoms with Crippen molar-refractivity contribution in [2.75, 3.05) is 0 Å². The zero-order valence-corrected chi connectivity index (χ0v) is 44.9. The molecule has 5 aliphatic carbocycles. The predicted octanol–water partition coefficient (Wildman–Crippen LogP) is 15.0. The highest BCUT2D eigenvalue weighted by Crippen LogP contribution is 2.50. The normalized spacial score (nSPS) is 20.1. The molecule has 0 spiro atoms. The molecule has 0 N–H and O–H groups in total. The van der Waals surface area contributed by atoms with Crippen molar-refractivity contribution in [3.05, 3.63) is 115 Å². The highest BCUT2D eigenvalue weighted by atomic mass is 16.5. The molecule has 0 atom stereocenters. The van der Waals surface area contributed by atoms with Gasteiger partial charge in [-0.15, -0.1) is 0 Å². The molecule has 8 heteroatoms. The fourth-order valence-corrected chi connectivity index (χ4v) is 13.9. The molecule has 0 saturated heterocycles. The van der Waals surface area contributed by atoms with Crippen molar-refractivity contribution in [1.82, 2.24) is 0 Å². The van der Waals surface area contributed by atoms with Crippen LogP contribution in [0.4, 0.5) is 0 Å². The summed E-state index contributed by atoms with van der Waals surface area (Å²) in [5.41, 5.74) is 11.1. The number of hydrogen-bond donors (Lipinski definition) is 0. The summed E-state index contributed by atoms with van der Waals surface area (Å²) >= 11 is 0. The molecule has 384 valence electrons. The first-order chi connectivity index (χ1) is 34.3. The third kappa shape index (κ3) is 11.0. The van der Waals surface area contributed by atoms with Crippen molar-refractivity contribution in [3.63, 3.8) is 0 Å². The number of ether oxygens (including phenoxy) is 4. The molecule has 8 bridgehead atoms. The van der Waals surface area contributed by atoms with Crippen molar-refractivity contribution >= 4 is 23.9 Å². The highest BCUT2D eigenvalue weighted by Gasteiger charge is 2.37. The van der Waals surface area contributed by atoms with Gasteiger partial charge in [0.05, 0.1) is 0 Å². The molecule has 4 aromatic rings.